The van der Waals surface area contributed by atoms with Gasteiger partial charge in [0.2, 0.25) is 5.43 Å². The van der Waals surface area contributed by atoms with Gasteiger partial charge in [-0.2, -0.15) is 16.8 Å². The molecule has 3 heterocycles. The van der Waals surface area contributed by atoms with Crippen LogP contribution in [0.3, 0.4) is 0 Å². The standard InChI is InChI=1S/C37H34N2O9S2/c1-21-11-15-24(16-12-21)49(41,42)47-34-31-29(46-37(3,4)35(34)48-50(43,44)25-17-13-22(2)14-18-25)20-28(45-6)30-32(31)39(5)36-26(33(30)40)19-23-9-7-8-10-27(23)38-36/h7-20,34-35H,1-6H3/t34-,35-/m1/s1. The maximum atomic E-state index is 14.4. The number of nitrogens with zero attached hydrogens (tertiary/aromatic N) is 2. The van der Waals surface area contributed by atoms with Crippen molar-refractivity contribution in [3.63, 3.8) is 0 Å². The van der Waals surface area contributed by atoms with E-state index in [-0.39, 0.29) is 37.8 Å². The smallest absolute Gasteiger partial charge is 0.297 e. The fourth-order valence-electron chi connectivity index (χ4n) is 6.41. The van der Waals surface area contributed by atoms with Crippen LogP contribution in [0.1, 0.15) is 36.6 Å². The molecule has 1 aliphatic heterocycles. The Balaban J connectivity index is 1.54. The zero-order valence-corrected chi connectivity index (χ0v) is 29.8. The van der Waals surface area contributed by atoms with Gasteiger partial charge in [0, 0.05) is 18.5 Å². The third kappa shape index (κ3) is 5.59. The summed E-state index contributed by atoms with van der Waals surface area (Å²) in [4.78, 5) is 18.9. The number of ether oxygens (including phenoxy) is 2. The van der Waals surface area contributed by atoms with Crippen molar-refractivity contribution in [3.8, 4) is 11.5 Å². The molecular formula is C37H34N2O9S2. The second kappa shape index (κ2) is 11.9. The summed E-state index contributed by atoms with van der Waals surface area (Å²) in [5, 5.41) is 1.15. The molecular weight excluding hydrogens is 681 g/mol. The third-order valence-electron chi connectivity index (χ3n) is 9.01. The third-order valence-corrected chi connectivity index (χ3v) is 11.6. The van der Waals surface area contributed by atoms with Crippen LogP contribution in [-0.2, 0) is 35.7 Å². The number of aromatic nitrogens is 2. The molecule has 0 fully saturated rings. The monoisotopic (exact) mass is 714 g/mol. The van der Waals surface area contributed by atoms with E-state index in [1.165, 1.54) is 37.4 Å². The first-order chi connectivity index (χ1) is 23.6. The van der Waals surface area contributed by atoms with E-state index in [1.54, 1.807) is 55.8 Å². The molecule has 1 aliphatic rings. The number of pyridine rings is 2. The lowest BCUT2D eigenvalue weighted by Gasteiger charge is -2.43. The van der Waals surface area contributed by atoms with Gasteiger partial charge in [-0.05, 0) is 64.1 Å². The fraction of sp³-hybridized carbons (Fsp3) is 0.243. The summed E-state index contributed by atoms with van der Waals surface area (Å²) < 4.78 is 81.6. The lowest BCUT2D eigenvalue weighted by atomic mass is 9.87. The predicted molar refractivity (Wildman–Crippen MR) is 189 cm³/mol. The second-order valence-corrected chi connectivity index (χ2v) is 16.1. The summed E-state index contributed by atoms with van der Waals surface area (Å²) in [5.41, 5.74) is 0.917. The van der Waals surface area contributed by atoms with Crippen LogP contribution in [0.2, 0.25) is 0 Å². The van der Waals surface area contributed by atoms with Crippen LogP contribution in [0.15, 0.2) is 99.5 Å². The number of para-hydroxylation sites is 1. The average molecular weight is 715 g/mol. The number of hydrogen-bond donors (Lipinski definition) is 0. The van der Waals surface area contributed by atoms with Gasteiger partial charge in [-0.15, -0.1) is 0 Å². The highest BCUT2D eigenvalue weighted by Crippen LogP contribution is 2.50. The molecule has 258 valence electrons. The van der Waals surface area contributed by atoms with Crippen LogP contribution >= 0.6 is 0 Å². The molecule has 2 atom stereocenters. The minimum absolute atomic E-state index is 0.0800. The topological polar surface area (TPSA) is 140 Å². The Bertz CT molecular complexity index is 2620. The van der Waals surface area contributed by atoms with Gasteiger partial charge in [-0.1, -0.05) is 53.6 Å². The van der Waals surface area contributed by atoms with Crippen molar-refractivity contribution in [2.45, 2.75) is 55.3 Å². The highest BCUT2D eigenvalue weighted by molar-refractivity contribution is 7.87. The first-order valence-electron chi connectivity index (χ1n) is 15.7. The summed E-state index contributed by atoms with van der Waals surface area (Å²) in [6.45, 7) is 6.78. The summed E-state index contributed by atoms with van der Waals surface area (Å²) in [5.74, 6) is 0.281. The fourth-order valence-corrected chi connectivity index (χ4v) is 8.65. The first kappa shape index (κ1) is 33.7. The van der Waals surface area contributed by atoms with Crippen LogP contribution in [0.25, 0.3) is 32.8 Å². The van der Waals surface area contributed by atoms with E-state index in [0.29, 0.717) is 16.6 Å². The molecule has 2 aromatic heterocycles. The first-order valence-corrected chi connectivity index (χ1v) is 18.5. The van der Waals surface area contributed by atoms with Crippen molar-refractivity contribution < 1.29 is 34.7 Å². The Labute approximate surface area is 289 Å². The maximum absolute atomic E-state index is 14.4. The molecule has 0 radical (unpaired) electrons. The van der Waals surface area contributed by atoms with Crippen LogP contribution < -0.4 is 14.9 Å². The normalized spacial score (nSPS) is 17.5. The Kier molecular flexibility index (Phi) is 8.02. The largest absolute Gasteiger partial charge is 0.496 e. The number of methoxy groups -OCH3 is 1. The minimum atomic E-state index is -4.57. The molecule has 50 heavy (non-hydrogen) atoms. The van der Waals surface area contributed by atoms with Gasteiger partial charge in [0.25, 0.3) is 20.2 Å². The Hall–Kier alpha value is -4.82. The Morgan fingerprint density at radius 1 is 0.820 bits per heavy atom. The summed E-state index contributed by atoms with van der Waals surface area (Å²) >= 11 is 0. The van der Waals surface area contributed by atoms with E-state index >= 15 is 0 Å². The molecule has 4 aromatic carbocycles. The van der Waals surface area contributed by atoms with E-state index in [9.17, 15) is 21.6 Å². The summed E-state index contributed by atoms with van der Waals surface area (Å²) in [7, 11) is -6.00. The Morgan fingerprint density at radius 2 is 1.40 bits per heavy atom. The molecule has 0 N–H and O–H groups in total. The molecule has 7 rings (SSSR count). The number of hydrogen-bond acceptors (Lipinski definition) is 10. The van der Waals surface area contributed by atoms with Gasteiger partial charge in [-0.3, -0.25) is 13.2 Å². The van der Waals surface area contributed by atoms with E-state index in [2.05, 4.69) is 0 Å². The van der Waals surface area contributed by atoms with Crippen LogP contribution in [0.4, 0.5) is 0 Å². The maximum Gasteiger partial charge on any atom is 0.297 e. The van der Waals surface area contributed by atoms with Crippen molar-refractivity contribution in [2.24, 2.45) is 7.05 Å². The predicted octanol–water partition coefficient (Wildman–Crippen LogP) is 6.26. The van der Waals surface area contributed by atoms with E-state index in [4.69, 9.17) is 22.8 Å². The van der Waals surface area contributed by atoms with E-state index < -0.39 is 43.5 Å². The van der Waals surface area contributed by atoms with Crippen molar-refractivity contribution >= 4 is 53.1 Å². The van der Waals surface area contributed by atoms with Crippen LogP contribution in [0.5, 0.6) is 11.5 Å². The highest BCUT2D eigenvalue weighted by Gasteiger charge is 2.51. The number of rotatable bonds is 7. The van der Waals surface area contributed by atoms with Gasteiger partial charge in [0.15, 0.2) is 0 Å². The van der Waals surface area contributed by atoms with E-state index in [1.807, 2.05) is 38.1 Å². The molecule has 0 bridgehead atoms. The van der Waals surface area contributed by atoms with Crippen LogP contribution in [0, 0.1) is 13.8 Å². The number of aryl methyl sites for hydroxylation is 3. The van der Waals surface area contributed by atoms with Crippen molar-refractivity contribution in [1.82, 2.24) is 9.55 Å². The number of fused-ring (bicyclic) bond motifs is 5. The molecule has 0 saturated heterocycles. The zero-order chi connectivity index (χ0) is 35.7. The van der Waals surface area contributed by atoms with Crippen molar-refractivity contribution in [2.75, 3.05) is 7.11 Å². The molecule has 0 amide bonds. The van der Waals surface area contributed by atoms with Gasteiger partial charge in [0.05, 0.1) is 44.3 Å². The molecule has 0 unspecified atom stereocenters. The molecule has 11 nitrogen and oxygen atoms in total. The Morgan fingerprint density at radius 3 is 2.00 bits per heavy atom. The quantitative estimate of drug-likeness (QED) is 0.138. The van der Waals surface area contributed by atoms with Crippen molar-refractivity contribution in [3.05, 3.63) is 112 Å². The van der Waals surface area contributed by atoms with Crippen molar-refractivity contribution in [1.29, 1.82) is 0 Å². The van der Waals surface area contributed by atoms with Crippen LogP contribution in [-0.4, -0.2) is 45.2 Å². The average Bonchev–Trinajstić information content (AvgIpc) is 3.07. The molecule has 13 heteroatoms. The second-order valence-electron chi connectivity index (χ2n) is 12.9. The lowest BCUT2D eigenvalue weighted by Crippen LogP contribution is -2.52. The molecule has 0 aliphatic carbocycles. The molecule has 0 spiro atoms. The summed E-state index contributed by atoms with van der Waals surface area (Å²) in [6, 6.07) is 22.7. The van der Waals surface area contributed by atoms with Gasteiger partial charge in [0.1, 0.15) is 35.0 Å². The minimum Gasteiger partial charge on any atom is -0.496 e. The molecule has 6 aromatic rings. The van der Waals surface area contributed by atoms with Gasteiger partial charge < -0.3 is 14.0 Å². The van der Waals surface area contributed by atoms with Gasteiger partial charge in [-0.25, -0.2) is 4.98 Å². The lowest BCUT2D eigenvalue weighted by molar-refractivity contribution is -0.0842. The zero-order valence-electron chi connectivity index (χ0n) is 28.1. The SMILES string of the molecule is COc1cc2c(c3c1c(=O)c1cc4ccccc4nc1n3C)[C@@H](OS(=O)(=O)c1ccc(C)cc1)[C@@H](OS(=O)(=O)c1ccc(C)cc1)C(C)(C)O2. The number of benzene rings is 4. The summed E-state index contributed by atoms with van der Waals surface area (Å²) in [6.07, 6.45) is -3.22. The molecule has 0 saturated carbocycles. The highest BCUT2D eigenvalue weighted by atomic mass is 32.2. The van der Waals surface area contributed by atoms with Gasteiger partial charge >= 0.3 is 0 Å². The van der Waals surface area contributed by atoms with E-state index in [0.717, 1.165) is 16.5 Å².